The van der Waals surface area contributed by atoms with E-state index in [9.17, 15) is 14.4 Å². The largest absolute Gasteiger partial charge is 0.480 e. The number of rotatable bonds is 6. The maximum atomic E-state index is 12.0. The van der Waals surface area contributed by atoms with Crippen LogP contribution >= 0.6 is 0 Å². The first-order valence-electron chi connectivity index (χ1n) is 6.87. The van der Waals surface area contributed by atoms with Crippen molar-refractivity contribution in [2.45, 2.75) is 39.3 Å². The second-order valence-corrected chi connectivity index (χ2v) is 5.65. The van der Waals surface area contributed by atoms with Crippen LogP contribution in [0.5, 0.6) is 0 Å². The number of carbonyl (C=O) groups excluding carboxylic acids is 2. The Balaban J connectivity index is 5.26. The third-order valence-corrected chi connectivity index (χ3v) is 2.37. The average molecular weight is 326 g/mol. The highest BCUT2D eigenvalue weighted by molar-refractivity contribution is 5.99. The van der Waals surface area contributed by atoms with Gasteiger partial charge in [-0.25, -0.2) is 4.79 Å². The van der Waals surface area contributed by atoms with Gasteiger partial charge in [-0.05, 0) is 27.7 Å². The second kappa shape index (κ2) is 8.75. The predicted octanol–water partition coefficient (Wildman–Crippen LogP) is 0.179. The molecule has 0 aromatic carbocycles. The number of aliphatic carboxylic acids is 1. The molecule has 0 bridgehead atoms. The van der Waals surface area contributed by atoms with Gasteiger partial charge in [0.05, 0.1) is 0 Å². The average Bonchev–Trinajstić information content (AvgIpc) is 2.40. The lowest BCUT2D eigenvalue weighted by molar-refractivity contribution is -0.140. The van der Waals surface area contributed by atoms with Crippen LogP contribution in [-0.2, 0) is 14.3 Å². The molecule has 0 aromatic heterocycles. The number of amides is 2. The summed E-state index contributed by atoms with van der Waals surface area (Å²) in [5.41, 5.74) is 4.21. The molecule has 2 amide bonds. The molecule has 0 aromatic rings. The number of hydrogen-bond donors (Lipinski definition) is 3. The standard InChI is InChI=1S/C14H22N4O5/c1-9(12(20)21)17-11(19)10(7-16)8-18(6-5-15)13(22)23-14(2,3)4/h8-9H,5-6,15H2,1-4H3,(H,17,19)(H,20,21)/b10-8-. The molecule has 9 nitrogen and oxygen atoms in total. The zero-order valence-corrected chi connectivity index (χ0v) is 13.6. The Bertz CT molecular complexity index is 530. The van der Waals surface area contributed by atoms with Gasteiger partial charge >= 0.3 is 12.1 Å². The van der Waals surface area contributed by atoms with Gasteiger partial charge in [0.15, 0.2) is 0 Å². The second-order valence-electron chi connectivity index (χ2n) is 5.65. The highest BCUT2D eigenvalue weighted by atomic mass is 16.6. The molecule has 0 aliphatic carbocycles. The van der Waals surface area contributed by atoms with Gasteiger partial charge in [0.25, 0.3) is 5.91 Å². The number of carbonyl (C=O) groups is 3. The molecule has 0 fully saturated rings. The Morgan fingerprint density at radius 2 is 2.00 bits per heavy atom. The molecule has 0 aliphatic heterocycles. The Morgan fingerprint density at radius 3 is 2.39 bits per heavy atom. The van der Waals surface area contributed by atoms with Crippen LogP contribution in [0.25, 0.3) is 0 Å². The molecular weight excluding hydrogens is 304 g/mol. The Hall–Kier alpha value is -2.60. The zero-order valence-electron chi connectivity index (χ0n) is 13.6. The molecule has 0 saturated carbocycles. The van der Waals surface area contributed by atoms with E-state index in [1.807, 2.05) is 0 Å². The fourth-order valence-corrected chi connectivity index (χ4v) is 1.30. The topological polar surface area (TPSA) is 146 Å². The molecule has 0 heterocycles. The predicted molar refractivity (Wildman–Crippen MR) is 80.9 cm³/mol. The van der Waals surface area contributed by atoms with Crippen LogP contribution in [0.3, 0.4) is 0 Å². The zero-order chi connectivity index (χ0) is 18.2. The van der Waals surface area contributed by atoms with Crippen molar-refractivity contribution in [3.8, 4) is 6.07 Å². The van der Waals surface area contributed by atoms with Crippen LogP contribution in [0.4, 0.5) is 4.79 Å². The molecule has 0 radical (unpaired) electrons. The summed E-state index contributed by atoms with van der Waals surface area (Å²) in [6, 6.07) is 0.441. The van der Waals surface area contributed by atoms with Crippen molar-refractivity contribution in [3.05, 3.63) is 11.8 Å². The number of hydrogen-bond acceptors (Lipinski definition) is 6. The van der Waals surface area contributed by atoms with Gasteiger partial charge < -0.3 is 20.9 Å². The summed E-state index contributed by atoms with van der Waals surface area (Å²) in [5.74, 6) is -2.16. The first-order chi connectivity index (χ1) is 10.5. The highest BCUT2D eigenvalue weighted by Crippen LogP contribution is 2.11. The van der Waals surface area contributed by atoms with E-state index >= 15 is 0 Å². The van der Waals surface area contributed by atoms with Crippen molar-refractivity contribution in [3.63, 3.8) is 0 Å². The van der Waals surface area contributed by atoms with Crippen molar-refractivity contribution < 1.29 is 24.2 Å². The van der Waals surface area contributed by atoms with Crippen molar-refractivity contribution >= 4 is 18.0 Å². The first kappa shape index (κ1) is 20.4. The van der Waals surface area contributed by atoms with Crippen LogP contribution in [0, 0.1) is 11.3 Å². The highest BCUT2D eigenvalue weighted by Gasteiger charge is 2.23. The summed E-state index contributed by atoms with van der Waals surface area (Å²) in [4.78, 5) is 35.6. The lowest BCUT2D eigenvalue weighted by Crippen LogP contribution is -2.40. The van der Waals surface area contributed by atoms with Gasteiger partial charge in [0.1, 0.15) is 23.3 Å². The van der Waals surface area contributed by atoms with E-state index in [1.54, 1.807) is 26.8 Å². The number of carboxylic acid groups (broad SMARTS) is 1. The molecular formula is C14H22N4O5. The van der Waals surface area contributed by atoms with Crippen LogP contribution < -0.4 is 11.1 Å². The van der Waals surface area contributed by atoms with E-state index in [-0.39, 0.29) is 13.1 Å². The van der Waals surface area contributed by atoms with Crippen molar-refractivity contribution in [2.75, 3.05) is 13.1 Å². The first-order valence-corrected chi connectivity index (χ1v) is 6.87. The summed E-state index contributed by atoms with van der Waals surface area (Å²) >= 11 is 0. The van der Waals surface area contributed by atoms with E-state index in [0.29, 0.717) is 0 Å². The fraction of sp³-hybridized carbons (Fsp3) is 0.571. The number of ether oxygens (including phenoxy) is 1. The summed E-state index contributed by atoms with van der Waals surface area (Å²) in [5, 5.41) is 19.9. The third-order valence-electron chi connectivity index (χ3n) is 2.37. The van der Waals surface area contributed by atoms with Gasteiger partial charge in [-0.1, -0.05) is 0 Å². The minimum absolute atomic E-state index is 0.0296. The number of nitrogens with two attached hydrogens (primary N) is 1. The summed E-state index contributed by atoms with van der Waals surface area (Å²) in [6.45, 7) is 6.37. The summed E-state index contributed by atoms with van der Waals surface area (Å²) in [6.07, 6.45) is 0.222. The molecule has 23 heavy (non-hydrogen) atoms. The van der Waals surface area contributed by atoms with E-state index in [1.165, 1.54) is 6.92 Å². The number of nitrogens with one attached hydrogen (secondary N) is 1. The molecule has 0 rings (SSSR count). The smallest absolute Gasteiger partial charge is 0.414 e. The summed E-state index contributed by atoms with van der Waals surface area (Å²) < 4.78 is 5.15. The van der Waals surface area contributed by atoms with Crippen molar-refractivity contribution in [2.24, 2.45) is 5.73 Å². The Kier molecular flexibility index (Phi) is 7.76. The summed E-state index contributed by atoms with van der Waals surface area (Å²) in [7, 11) is 0. The molecule has 9 heteroatoms. The van der Waals surface area contributed by atoms with Gasteiger partial charge in [-0.3, -0.25) is 14.5 Å². The van der Waals surface area contributed by atoms with Gasteiger partial charge in [0.2, 0.25) is 0 Å². The normalized spacial score (nSPS) is 12.8. The Labute approximate surface area is 134 Å². The van der Waals surface area contributed by atoms with Crippen LogP contribution in [0.15, 0.2) is 11.8 Å². The minimum Gasteiger partial charge on any atom is -0.480 e. The van der Waals surface area contributed by atoms with Crippen LogP contribution in [0.2, 0.25) is 0 Å². The van der Waals surface area contributed by atoms with E-state index in [0.717, 1.165) is 11.1 Å². The number of carboxylic acids is 1. The lowest BCUT2D eigenvalue weighted by Gasteiger charge is -2.25. The quantitative estimate of drug-likeness (QED) is 0.466. The molecule has 0 aliphatic rings. The number of nitriles is 1. The van der Waals surface area contributed by atoms with Crippen LogP contribution in [-0.4, -0.2) is 52.7 Å². The molecule has 0 spiro atoms. The molecule has 0 saturated heterocycles. The number of nitrogens with zero attached hydrogens (tertiary/aromatic N) is 2. The molecule has 4 N–H and O–H groups in total. The van der Waals surface area contributed by atoms with Gasteiger partial charge in [0, 0.05) is 19.3 Å². The maximum absolute atomic E-state index is 12.0. The van der Waals surface area contributed by atoms with Crippen molar-refractivity contribution in [1.29, 1.82) is 5.26 Å². The van der Waals surface area contributed by atoms with Crippen molar-refractivity contribution in [1.82, 2.24) is 10.2 Å². The third kappa shape index (κ3) is 7.82. The maximum Gasteiger partial charge on any atom is 0.414 e. The van der Waals surface area contributed by atoms with Crippen LogP contribution in [0.1, 0.15) is 27.7 Å². The van der Waals surface area contributed by atoms with E-state index < -0.39 is 35.2 Å². The monoisotopic (exact) mass is 326 g/mol. The minimum atomic E-state index is -1.25. The Morgan fingerprint density at radius 1 is 1.43 bits per heavy atom. The van der Waals surface area contributed by atoms with E-state index in [2.05, 4.69) is 5.32 Å². The molecule has 1 atom stereocenters. The molecule has 1 unspecified atom stereocenters. The van der Waals surface area contributed by atoms with Gasteiger partial charge in [-0.2, -0.15) is 5.26 Å². The molecule has 128 valence electrons. The fourth-order valence-electron chi connectivity index (χ4n) is 1.30. The van der Waals surface area contributed by atoms with E-state index in [4.69, 9.17) is 20.8 Å². The van der Waals surface area contributed by atoms with Gasteiger partial charge in [-0.15, -0.1) is 0 Å². The lowest BCUT2D eigenvalue weighted by atomic mass is 10.2. The SMILES string of the molecule is CC(NC(=O)/C(C#N)=C\N(CCN)C(=O)OC(C)(C)C)C(=O)O.